The first kappa shape index (κ1) is 28.5. The Kier molecular flexibility index (Phi) is 10.6. The number of nitrogens with zero attached hydrogens (tertiary/aromatic N) is 1. The van der Waals surface area contributed by atoms with E-state index in [9.17, 15) is 0 Å². The first-order valence-electron chi connectivity index (χ1n) is 13.3. The molecule has 0 saturated heterocycles. The van der Waals surface area contributed by atoms with Crippen LogP contribution in [0.3, 0.4) is 0 Å². The fourth-order valence-corrected chi connectivity index (χ4v) is 10.1. The largest absolute Gasteiger partial charge is 0.490 e. The van der Waals surface area contributed by atoms with Crippen LogP contribution in [0.15, 0.2) is 77.8 Å². The van der Waals surface area contributed by atoms with Crippen molar-refractivity contribution in [3.8, 4) is 0 Å². The summed E-state index contributed by atoms with van der Waals surface area (Å²) in [5.41, 5.74) is 1.21. The first-order chi connectivity index (χ1) is 17.3. The molecule has 1 heterocycles. The molecule has 0 aliphatic carbocycles. The van der Waals surface area contributed by atoms with E-state index in [-0.39, 0.29) is 5.04 Å². The molecule has 2 atom stereocenters. The number of hydrogen-bond donors (Lipinski definition) is 0. The van der Waals surface area contributed by atoms with Crippen molar-refractivity contribution in [3.05, 3.63) is 72.8 Å². The van der Waals surface area contributed by atoms with Gasteiger partial charge in [-0.2, -0.15) is 0 Å². The van der Waals surface area contributed by atoms with Crippen LogP contribution < -0.4 is 10.4 Å². The summed E-state index contributed by atoms with van der Waals surface area (Å²) in [5, 5.41) is 3.29. The van der Waals surface area contributed by atoms with Crippen LogP contribution in [0.5, 0.6) is 0 Å². The van der Waals surface area contributed by atoms with Gasteiger partial charge in [0.2, 0.25) is 0 Å². The molecular weight excluding hydrogens is 478 g/mol. The molecule has 0 saturated carbocycles. The third kappa shape index (κ3) is 7.47. The van der Waals surface area contributed by atoms with Gasteiger partial charge in [0.05, 0.1) is 26.2 Å². The van der Waals surface area contributed by atoms with E-state index in [0.717, 1.165) is 25.7 Å². The average Bonchev–Trinajstić information content (AvgIpc) is 2.85. The number of thiocarbonyl (C=S) groups is 1. The van der Waals surface area contributed by atoms with Crippen LogP contribution in [0.2, 0.25) is 5.04 Å². The highest BCUT2D eigenvalue weighted by molar-refractivity contribution is 7.80. The molecule has 1 aliphatic heterocycles. The summed E-state index contributed by atoms with van der Waals surface area (Å²) in [6, 6.07) is 22.1. The fraction of sp³-hybridized carbons (Fsp3) is 0.484. The summed E-state index contributed by atoms with van der Waals surface area (Å²) in [4.78, 5) is 4.99. The van der Waals surface area contributed by atoms with Gasteiger partial charge in [-0.25, -0.2) is 0 Å². The first-order valence-corrected chi connectivity index (χ1v) is 15.6. The van der Waals surface area contributed by atoms with Crippen molar-refractivity contribution in [2.24, 2.45) is 10.9 Å². The molecule has 0 aromatic heterocycles. The summed E-state index contributed by atoms with van der Waals surface area (Å²) in [6.07, 6.45) is 10.7. The number of aliphatic imine (C=N–C) groups is 1. The van der Waals surface area contributed by atoms with Gasteiger partial charge in [-0.05, 0) is 65.7 Å². The maximum absolute atomic E-state index is 6.94. The van der Waals surface area contributed by atoms with Crippen molar-refractivity contribution in [2.45, 2.75) is 77.3 Å². The quantitative estimate of drug-likeness (QED) is 0.140. The summed E-state index contributed by atoms with van der Waals surface area (Å²) in [6.45, 7) is 9.91. The van der Waals surface area contributed by atoms with E-state index < -0.39 is 8.32 Å². The lowest BCUT2D eigenvalue weighted by Crippen LogP contribution is -2.66. The second-order valence-corrected chi connectivity index (χ2v) is 15.8. The van der Waals surface area contributed by atoms with Crippen molar-refractivity contribution >= 4 is 41.7 Å². The second-order valence-electron chi connectivity index (χ2n) is 11.0. The lowest BCUT2D eigenvalue weighted by molar-refractivity contribution is 0.339. The predicted molar refractivity (Wildman–Crippen MR) is 160 cm³/mol. The van der Waals surface area contributed by atoms with Crippen LogP contribution in [-0.4, -0.2) is 38.8 Å². The Bertz CT molecular complexity index is 974. The molecular formula is C31H43NO2SSi. The van der Waals surface area contributed by atoms with E-state index in [0.29, 0.717) is 30.0 Å². The van der Waals surface area contributed by atoms with Gasteiger partial charge >= 0.3 is 0 Å². The van der Waals surface area contributed by atoms with Crippen molar-refractivity contribution in [1.29, 1.82) is 0 Å². The highest BCUT2D eigenvalue weighted by atomic mass is 32.1. The molecule has 5 heteroatoms. The number of methoxy groups -OCH3 is 1. The van der Waals surface area contributed by atoms with Gasteiger partial charge in [0, 0.05) is 5.71 Å². The van der Waals surface area contributed by atoms with Gasteiger partial charge in [-0.3, -0.25) is 4.99 Å². The van der Waals surface area contributed by atoms with Crippen molar-refractivity contribution in [3.63, 3.8) is 0 Å². The molecule has 36 heavy (non-hydrogen) atoms. The topological polar surface area (TPSA) is 30.8 Å². The minimum Gasteiger partial charge on any atom is -0.490 e. The Morgan fingerprint density at radius 1 is 1.03 bits per heavy atom. The number of ether oxygens (including phenoxy) is 1. The number of allylic oxidation sites excluding steroid dienone is 1. The van der Waals surface area contributed by atoms with Crippen LogP contribution in [0, 0.1) is 5.92 Å². The maximum Gasteiger partial charge on any atom is 0.261 e. The molecule has 0 spiro atoms. The zero-order chi connectivity index (χ0) is 26.0. The van der Waals surface area contributed by atoms with Gasteiger partial charge < -0.3 is 9.16 Å². The van der Waals surface area contributed by atoms with E-state index in [4.69, 9.17) is 26.4 Å². The molecule has 194 valence electrons. The third-order valence-corrected chi connectivity index (χ3v) is 12.4. The van der Waals surface area contributed by atoms with Gasteiger partial charge in [-0.15, -0.1) is 0 Å². The number of hydrogen-bond acceptors (Lipinski definition) is 4. The van der Waals surface area contributed by atoms with Gasteiger partial charge in [0.15, 0.2) is 5.05 Å². The monoisotopic (exact) mass is 521 g/mol. The summed E-state index contributed by atoms with van der Waals surface area (Å²) < 4.78 is 12.1. The fourth-order valence-electron chi connectivity index (χ4n) is 5.44. The predicted octanol–water partition coefficient (Wildman–Crippen LogP) is 6.89. The Balaban J connectivity index is 1.61. The molecule has 2 aromatic carbocycles. The SMILES string of the molecule is COC(=S)CC1=N[C@H](CCC/C=C\CO[Si](c2ccccc2)(c2ccccc2)C(C)(C)C)C[C@H](C)C1. The zero-order valence-electron chi connectivity index (χ0n) is 22.7. The number of rotatable bonds is 11. The number of unbranched alkanes of at least 4 members (excludes halogenated alkanes) is 1. The molecule has 0 radical (unpaired) electrons. The highest BCUT2D eigenvalue weighted by Crippen LogP contribution is 2.36. The number of benzene rings is 2. The van der Waals surface area contributed by atoms with Crippen LogP contribution in [-0.2, 0) is 9.16 Å². The normalized spacial score (nSPS) is 18.8. The molecule has 0 unspecified atom stereocenters. The van der Waals surface area contributed by atoms with Crippen LogP contribution in [0.1, 0.15) is 66.2 Å². The van der Waals surface area contributed by atoms with Crippen molar-refractivity contribution in [1.82, 2.24) is 0 Å². The molecule has 0 fully saturated rings. The van der Waals surface area contributed by atoms with Gasteiger partial charge in [0.25, 0.3) is 8.32 Å². The standard InChI is InChI=1S/C31H43NO2SSi/c1-25-22-26(32-27(23-25)24-30(35)33-5)16-10-6-7-15-21-34-36(31(2,3)4,28-17-11-8-12-18-28)29-19-13-9-14-20-29/h7-9,11-15,17-20,25-26H,6,10,16,21-24H2,1-5H3/b15-7-/t25-,26+/m0/s1. The zero-order valence-corrected chi connectivity index (χ0v) is 24.5. The van der Waals surface area contributed by atoms with E-state index in [1.807, 2.05) is 0 Å². The van der Waals surface area contributed by atoms with Crippen molar-refractivity contribution < 1.29 is 9.16 Å². The van der Waals surface area contributed by atoms with Crippen LogP contribution >= 0.6 is 12.2 Å². The minimum absolute atomic E-state index is 0.00205. The molecule has 0 bridgehead atoms. The molecule has 2 aromatic rings. The maximum atomic E-state index is 6.94. The summed E-state index contributed by atoms with van der Waals surface area (Å²) in [5.74, 6) is 0.664. The van der Waals surface area contributed by atoms with Gasteiger partial charge in [-0.1, -0.05) is 101 Å². The summed E-state index contributed by atoms with van der Waals surface area (Å²) >= 11 is 5.25. The molecule has 0 N–H and O–H groups in total. The van der Waals surface area contributed by atoms with E-state index >= 15 is 0 Å². The van der Waals surface area contributed by atoms with Crippen molar-refractivity contribution in [2.75, 3.05) is 13.7 Å². The second kappa shape index (κ2) is 13.5. The Morgan fingerprint density at radius 2 is 1.64 bits per heavy atom. The minimum atomic E-state index is -2.47. The lowest BCUT2D eigenvalue weighted by atomic mass is 9.89. The Hall–Kier alpha value is -2.08. The van der Waals surface area contributed by atoms with Gasteiger partial charge in [0.1, 0.15) is 0 Å². The molecule has 1 aliphatic rings. The lowest BCUT2D eigenvalue weighted by Gasteiger charge is -2.42. The van der Waals surface area contributed by atoms with Crippen LogP contribution in [0.4, 0.5) is 0 Å². The third-order valence-electron chi connectivity index (χ3n) is 7.09. The smallest absolute Gasteiger partial charge is 0.261 e. The molecule has 0 amide bonds. The Labute approximate surface area is 225 Å². The molecule has 3 rings (SSSR count). The summed E-state index contributed by atoms with van der Waals surface area (Å²) in [7, 11) is -0.817. The van der Waals surface area contributed by atoms with Crippen LogP contribution in [0.25, 0.3) is 0 Å². The Morgan fingerprint density at radius 3 is 2.19 bits per heavy atom. The molecule has 3 nitrogen and oxygen atoms in total. The highest BCUT2D eigenvalue weighted by Gasteiger charge is 2.49. The van der Waals surface area contributed by atoms with E-state index in [2.05, 4.69) is 101 Å². The average molecular weight is 522 g/mol. The van der Waals surface area contributed by atoms with E-state index in [1.54, 1.807) is 7.11 Å². The van der Waals surface area contributed by atoms with E-state index in [1.165, 1.54) is 22.5 Å².